The van der Waals surface area contributed by atoms with Gasteiger partial charge in [0.1, 0.15) is 5.82 Å². The molecule has 1 rings (SSSR count). The van der Waals surface area contributed by atoms with E-state index in [4.69, 9.17) is 5.73 Å². The van der Waals surface area contributed by atoms with Crippen molar-refractivity contribution in [3.63, 3.8) is 0 Å². The largest absolute Gasteiger partial charge is 0.355 e. The zero-order chi connectivity index (χ0) is 13.8. The highest BCUT2D eigenvalue weighted by atomic mass is 35.5. The monoisotopic (exact) mass is 288 g/mol. The standard InChI is InChI=1S/C14H21FN2O.ClH/c1-10(16)8-13(18)17-9-14(2,3)11-4-6-12(15)7-5-11;/h4-7,10H,8-9,16H2,1-3H3,(H,17,18);1H. The van der Waals surface area contributed by atoms with Crippen molar-refractivity contribution in [2.45, 2.75) is 38.6 Å². The highest BCUT2D eigenvalue weighted by Crippen LogP contribution is 2.22. The summed E-state index contributed by atoms with van der Waals surface area (Å²) in [5, 5.41) is 2.85. The minimum atomic E-state index is -0.254. The van der Waals surface area contributed by atoms with Gasteiger partial charge in [-0.15, -0.1) is 12.4 Å². The Balaban J connectivity index is 0.00000324. The van der Waals surface area contributed by atoms with Gasteiger partial charge >= 0.3 is 0 Å². The molecule has 0 aromatic heterocycles. The minimum Gasteiger partial charge on any atom is -0.355 e. The molecule has 108 valence electrons. The first-order valence-electron chi connectivity index (χ1n) is 6.09. The lowest BCUT2D eigenvalue weighted by atomic mass is 9.84. The number of amides is 1. The van der Waals surface area contributed by atoms with Crippen molar-refractivity contribution in [3.05, 3.63) is 35.6 Å². The van der Waals surface area contributed by atoms with Crippen molar-refractivity contribution in [1.29, 1.82) is 0 Å². The number of rotatable bonds is 5. The summed E-state index contributed by atoms with van der Waals surface area (Å²) in [6, 6.07) is 6.21. The van der Waals surface area contributed by atoms with Gasteiger partial charge in [0.15, 0.2) is 0 Å². The molecule has 1 aromatic carbocycles. The zero-order valence-corrected chi connectivity index (χ0v) is 12.4. The fraction of sp³-hybridized carbons (Fsp3) is 0.500. The molecule has 0 saturated heterocycles. The van der Waals surface area contributed by atoms with Gasteiger partial charge in [-0.2, -0.15) is 0 Å². The van der Waals surface area contributed by atoms with Crippen molar-refractivity contribution in [2.24, 2.45) is 5.73 Å². The van der Waals surface area contributed by atoms with Crippen LogP contribution in [0.5, 0.6) is 0 Å². The Morgan fingerprint density at radius 1 is 1.37 bits per heavy atom. The van der Waals surface area contributed by atoms with Crippen LogP contribution in [0.2, 0.25) is 0 Å². The van der Waals surface area contributed by atoms with Crippen LogP contribution in [-0.2, 0) is 10.2 Å². The van der Waals surface area contributed by atoms with E-state index in [0.29, 0.717) is 13.0 Å². The third-order valence-corrected chi connectivity index (χ3v) is 2.86. The van der Waals surface area contributed by atoms with Crippen molar-refractivity contribution in [1.82, 2.24) is 5.32 Å². The predicted octanol–water partition coefficient (Wildman–Crippen LogP) is 2.38. The van der Waals surface area contributed by atoms with Gasteiger partial charge in [0.25, 0.3) is 0 Å². The molecule has 5 heteroatoms. The molecule has 0 heterocycles. The van der Waals surface area contributed by atoms with Crippen LogP contribution in [0.15, 0.2) is 24.3 Å². The summed E-state index contributed by atoms with van der Waals surface area (Å²) >= 11 is 0. The van der Waals surface area contributed by atoms with Crippen LogP contribution < -0.4 is 11.1 Å². The van der Waals surface area contributed by atoms with Crippen LogP contribution in [0.4, 0.5) is 4.39 Å². The minimum absolute atomic E-state index is 0. The third kappa shape index (κ3) is 6.03. The molecule has 1 atom stereocenters. The number of carbonyl (C=O) groups excluding carboxylic acids is 1. The summed E-state index contributed by atoms with van der Waals surface area (Å²) in [5.74, 6) is -0.310. The maximum absolute atomic E-state index is 12.8. The average molecular weight is 289 g/mol. The molecule has 1 aromatic rings. The highest BCUT2D eigenvalue weighted by molar-refractivity contribution is 5.85. The van der Waals surface area contributed by atoms with E-state index in [1.54, 1.807) is 19.1 Å². The van der Waals surface area contributed by atoms with Crippen LogP contribution in [0, 0.1) is 5.82 Å². The lowest BCUT2D eigenvalue weighted by molar-refractivity contribution is -0.121. The number of hydrogen-bond donors (Lipinski definition) is 2. The molecule has 1 amide bonds. The lowest BCUT2D eigenvalue weighted by Crippen LogP contribution is -2.38. The van der Waals surface area contributed by atoms with Crippen LogP contribution in [0.3, 0.4) is 0 Å². The van der Waals surface area contributed by atoms with Gasteiger partial charge in [-0.1, -0.05) is 26.0 Å². The molecule has 0 bridgehead atoms. The van der Waals surface area contributed by atoms with Crippen molar-refractivity contribution in [3.8, 4) is 0 Å². The van der Waals surface area contributed by atoms with Gasteiger partial charge in [-0.05, 0) is 24.6 Å². The summed E-state index contributed by atoms with van der Waals surface area (Å²) in [4.78, 5) is 11.5. The quantitative estimate of drug-likeness (QED) is 0.874. The lowest BCUT2D eigenvalue weighted by Gasteiger charge is -2.26. The van der Waals surface area contributed by atoms with E-state index in [0.717, 1.165) is 5.56 Å². The van der Waals surface area contributed by atoms with E-state index in [-0.39, 0.29) is 35.6 Å². The Hall–Kier alpha value is -1.13. The fourth-order valence-corrected chi connectivity index (χ4v) is 1.69. The maximum atomic E-state index is 12.8. The third-order valence-electron chi connectivity index (χ3n) is 2.86. The first kappa shape index (κ1) is 17.9. The van der Waals surface area contributed by atoms with E-state index >= 15 is 0 Å². The van der Waals surface area contributed by atoms with E-state index in [2.05, 4.69) is 5.32 Å². The molecular weight excluding hydrogens is 267 g/mol. The van der Waals surface area contributed by atoms with Crippen LogP contribution in [-0.4, -0.2) is 18.5 Å². The van der Waals surface area contributed by atoms with Gasteiger partial charge in [0, 0.05) is 24.4 Å². The first-order chi connectivity index (χ1) is 8.31. The summed E-state index contributed by atoms with van der Waals surface area (Å²) in [5.41, 5.74) is 6.31. The Labute approximate surface area is 120 Å². The average Bonchev–Trinajstić information content (AvgIpc) is 2.26. The number of hydrogen-bond acceptors (Lipinski definition) is 2. The maximum Gasteiger partial charge on any atom is 0.221 e. The van der Waals surface area contributed by atoms with Crippen LogP contribution in [0.1, 0.15) is 32.8 Å². The fourth-order valence-electron chi connectivity index (χ4n) is 1.69. The van der Waals surface area contributed by atoms with Crippen molar-refractivity contribution < 1.29 is 9.18 Å². The SMILES string of the molecule is CC(N)CC(=O)NCC(C)(C)c1ccc(F)cc1.Cl. The summed E-state index contributed by atoms with van der Waals surface area (Å²) in [6.45, 7) is 6.31. The first-order valence-corrected chi connectivity index (χ1v) is 6.09. The molecule has 0 aliphatic carbocycles. The van der Waals surface area contributed by atoms with Gasteiger partial charge < -0.3 is 11.1 Å². The molecule has 0 fully saturated rings. The Morgan fingerprint density at radius 3 is 2.37 bits per heavy atom. The van der Waals surface area contributed by atoms with E-state index in [1.807, 2.05) is 13.8 Å². The number of halogens is 2. The smallest absolute Gasteiger partial charge is 0.221 e. The normalized spacial score (nSPS) is 12.5. The number of benzene rings is 1. The van der Waals surface area contributed by atoms with E-state index in [9.17, 15) is 9.18 Å². The molecule has 3 N–H and O–H groups in total. The van der Waals surface area contributed by atoms with Crippen LogP contribution >= 0.6 is 12.4 Å². The molecule has 0 radical (unpaired) electrons. The predicted molar refractivity (Wildman–Crippen MR) is 78.0 cm³/mol. The number of nitrogens with one attached hydrogen (secondary N) is 1. The Morgan fingerprint density at radius 2 is 1.89 bits per heavy atom. The molecule has 0 saturated carbocycles. The molecule has 0 spiro atoms. The van der Waals surface area contributed by atoms with E-state index < -0.39 is 0 Å². The second-order valence-electron chi connectivity index (χ2n) is 5.35. The summed E-state index contributed by atoms with van der Waals surface area (Å²) in [6.07, 6.45) is 0.319. The van der Waals surface area contributed by atoms with Gasteiger partial charge in [-0.25, -0.2) is 4.39 Å². The zero-order valence-electron chi connectivity index (χ0n) is 11.6. The van der Waals surface area contributed by atoms with Gasteiger partial charge in [0.05, 0.1) is 0 Å². The molecular formula is C14H22ClFN2O. The molecule has 0 aliphatic rings. The Bertz CT molecular complexity index is 404. The summed E-state index contributed by atoms with van der Waals surface area (Å²) < 4.78 is 12.8. The molecule has 1 unspecified atom stereocenters. The Kier molecular flexibility index (Phi) is 7.01. The second kappa shape index (κ2) is 7.46. The van der Waals surface area contributed by atoms with E-state index in [1.165, 1.54) is 12.1 Å². The highest BCUT2D eigenvalue weighted by Gasteiger charge is 2.21. The van der Waals surface area contributed by atoms with Crippen molar-refractivity contribution in [2.75, 3.05) is 6.54 Å². The number of carbonyl (C=O) groups is 1. The second-order valence-corrected chi connectivity index (χ2v) is 5.35. The topological polar surface area (TPSA) is 55.1 Å². The molecule has 3 nitrogen and oxygen atoms in total. The van der Waals surface area contributed by atoms with Crippen molar-refractivity contribution >= 4 is 18.3 Å². The molecule has 0 aliphatic heterocycles. The van der Waals surface area contributed by atoms with Crippen LogP contribution in [0.25, 0.3) is 0 Å². The summed E-state index contributed by atoms with van der Waals surface area (Å²) in [7, 11) is 0. The molecule has 19 heavy (non-hydrogen) atoms. The number of nitrogens with two attached hydrogens (primary N) is 1. The van der Waals surface area contributed by atoms with Gasteiger partial charge in [0.2, 0.25) is 5.91 Å². The van der Waals surface area contributed by atoms with Gasteiger partial charge in [-0.3, -0.25) is 4.79 Å².